The Kier molecular flexibility index (Phi) is 4.59. The lowest BCUT2D eigenvalue weighted by molar-refractivity contribution is -0.0935. The lowest BCUT2D eigenvalue weighted by Crippen LogP contribution is -2.48. The van der Waals surface area contributed by atoms with Gasteiger partial charge < -0.3 is 14.4 Å². The van der Waals surface area contributed by atoms with Crippen LogP contribution in [0.1, 0.15) is 34.3 Å². The summed E-state index contributed by atoms with van der Waals surface area (Å²) in [5, 5.41) is 0.475. The maximum Gasteiger partial charge on any atom is 0.255 e. The molecule has 0 unspecified atom stereocenters. The van der Waals surface area contributed by atoms with Crippen LogP contribution in [-0.4, -0.2) is 42.6 Å². The zero-order valence-corrected chi connectivity index (χ0v) is 15.5. The molecule has 4 rings (SSSR count). The first-order valence-electron chi connectivity index (χ1n) is 8.82. The fourth-order valence-electron chi connectivity index (χ4n) is 3.98. The Balaban J connectivity index is 1.53. The summed E-state index contributed by atoms with van der Waals surface area (Å²) in [6.07, 6.45) is 5.56. The zero-order chi connectivity index (χ0) is 18.1. The topological polar surface area (TPSA) is 51.7 Å². The average molecular weight is 373 g/mol. The number of carbonyl (C=O) groups is 1. The second kappa shape index (κ2) is 6.89. The molecule has 1 fully saturated rings. The minimum absolute atomic E-state index is 0.0272. The molecule has 2 aliphatic heterocycles. The van der Waals surface area contributed by atoms with Gasteiger partial charge in [-0.2, -0.15) is 0 Å². The fourth-order valence-corrected chi connectivity index (χ4v) is 4.15. The number of amides is 1. The van der Waals surface area contributed by atoms with Gasteiger partial charge in [0.15, 0.2) is 0 Å². The van der Waals surface area contributed by atoms with Crippen LogP contribution in [0, 0.1) is 0 Å². The van der Waals surface area contributed by atoms with E-state index in [1.807, 2.05) is 11.0 Å². The Hall–Kier alpha value is -2.11. The number of hydrogen-bond donors (Lipinski definition) is 0. The first-order valence-corrected chi connectivity index (χ1v) is 9.20. The lowest BCUT2D eigenvalue weighted by atomic mass is 9.79. The number of pyridine rings is 1. The van der Waals surface area contributed by atoms with Crippen LogP contribution < -0.4 is 4.74 Å². The average Bonchev–Trinajstić information content (AvgIpc) is 2.68. The van der Waals surface area contributed by atoms with E-state index in [0.29, 0.717) is 30.3 Å². The molecule has 0 atom stereocenters. The molecular weight excluding hydrogens is 352 g/mol. The highest BCUT2D eigenvalue weighted by atomic mass is 35.5. The minimum Gasteiger partial charge on any atom is -0.497 e. The second-order valence-electron chi connectivity index (χ2n) is 6.80. The summed E-state index contributed by atoms with van der Waals surface area (Å²) in [6, 6.07) is 7.88. The monoisotopic (exact) mass is 372 g/mol. The van der Waals surface area contributed by atoms with Crippen molar-refractivity contribution in [3.63, 3.8) is 0 Å². The van der Waals surface area contributed by atoms with Crippen LogP contribution >= 0.6 is 11.6 Å². The van der Waals surface area contributed by atoms with E-state index < -0.39 is 0 Å². The highest BCUT2D eigenvalue weighted by Gasteiger charge is 2.41. The Morgan fingerprint density at radius 3 is 2.81 bits per heavy atom. The van der Waals surface area contributed by atoms with Crippen LogP contribution in [0.4, 0.5) is 0 Å². The van der Waals surface area contributed by atoms with E-state index >= 15 is 0 Å². The summed E-state index contributed by atoms with van der Waals surface area (Å²) in [7, 11) is 1.69. The van der Waals surface area contributed by atoms with Gasteiger partial charge in [-0.1, -0.05) is 17.7 Å². The predicted molar refractivity (Wildman–Crippen MR) is 98.7 cm³/mol. The molecule has 2 aliphatic rings. The SMILES string of the molecule is COc1ccc2c(c1)CCOC21CCN(C(=O)c2cncc(Cl)c2)CC1. The van der Waals surface area contributed by atoms with Gasteiger partial charge in [0.05, 0.1) is 29.9 Å². The van der Waals surface area contributed by atoms with Gasteiger partial charge >= 0.3 is 0 Å². The predicted octanol–water partition coefficient (Wildman–Crippen LogP) is 3.45. The molecule has 26 heavy (non-hydrogen) atoms. The number of rotatable bonds is 2. The summed E-state index contributed by atoms with van der Waals surface area (Å²) in [5.41, 5.74) is 2.75. The summed E-state index contributed by atoms with van der Waals surface area (Å²) in [4.78, 5) is 18.6. The van der Waals surface area contributed by atoms with Crippen molar-refractivity contribution in [2.45, 2.75) is 24.9 Å². The molecule has 1 spiro atoms. The van der Waals surface area contributed by atoms with E-state index in [9.17, 15) is 4.79 Å². The van der Waals surface area contributed by atoms with E-state index in [1.165, 1.54) is 17.3 Å². The molecule has 1 aromatic heterocycles. The molecular formula is C20H21ClN2O3. The number of benzene rings is 1. The number of carbonyl (C=O) groups excluding carboxylic acids is 1. The highest BCUT2D eigenvalue weighted by molar-refractivity contribution is 6.30. The molecule has 0 radical (unpaired) electrons. The van der Waals surface area contributed by atoms with Crippen LogP contribution in [0.15, 0.2) is 36.7 Å². The van der Waals surface area contributed by atoms with E-state index in [-0.39, 0.29) is 11.5 Å². The smallest absolute Gasteiger partial charge is 0.255 e. The molecule has 5 nitrogen and oxygen atoms in total. The van der Waals surface area contributed by atoms with Gasteiger partial charge in [-0.3, -0.25) is 9.78 Å². The Morgan fingerprint density at radius 2 is 2.08 bits per heavy atom. The van der Waals surface area contributed by atoms with Gasteiger partial charge in [0.2, 0.25) is 0 Å². The molecule has 0 N–H and O–H groups in total. The third-order valence-corrected chi connectivity index (χ3v) is 5.57. The molecule has 0 bridgehead atoms. The Labute approximate surface area is 157 Å². The van der Waals surface area contributed by atoms with Gasteiger partial charge in [-0.25, -0.2) is 0 Å². The summed E-state index contributed by atoms with van der Waals surface area (Å²) in [6.45, 7) is 2.00. The fraction of sp³-hybridized carbons (Fsp3) is 0.400. The van der Waals surface area contributed by atoms with Gasteiger partial charge in [0.25, 0.3) is 5.91 Å². The second-order valence-corrected chi connectivity index (χ2v) is 7.24. The number of aromatic nitrogens is 1. The van der Waals surface area contributed by atoms with Crippen LogP contribution in [-0.2, 0) is 16.8 Å². The number of nitrogens with zero attached hydrogens (tertiary/aromatic N) is 2. The van der Waals surface area contributed by atoms with Crippen LogP contribution in [0.3, 0.4) is 0 Å². The molecule has 0 aliphatic carbocycles. The minimum atomic E-state index is -0.302. The van der Waals surface area contributed by atoms with Crippen LogP contribution in [0.5, 0.6) is 5.75 Å². The van der Waals surface area contributed by atoms with Crippen molar-refractivity contribution in [1.29, 1.82) is 0 Å². The van der Waals surface area contributed by atoms with Crippen molar-refractivity contribution >= 4 is 17.5 Å². The number of ether oxygens (including phenoxy) is 2. The van der Waals surface area contributed by atoms with Crippen LogP contribution in [0.25, 0.3) is 0 Å². The molecule has 1 aromatic carbocycles. The molecule has 2 aromatic rings. The Bertz CT molecular complexity index is 832. The van der Waals surface area contributed by atoms with Gasteiger partial charge in [0, 0.05) is 25.5 Å². The number of likely N-dealkylation sites (tertiary alicyclic amines) is 1. The molecule has 0 saturated carbocycles. The van der Waals surface area contributed by atoms with E-state index in [2.05, 4.69) is 17.1 Å². The molecule has 1 amide bonds. The highest BCUT2D eigenvalue weighted by Crippen LogP contribution is 2.42. The van der Waals surface area contributed by atoms with Crippen molar-refractivity contribution in [2.24, 2.45) is 0 Å². The maximum atomic E-state index is 12.7. The van der Waals surface area contributed by atoms with Crippen molar-refractivity contribution in [3.8, 4) is 5.75 Å². The standard InChI is InChI=1S/C20H21ClN2O3/c1-25-17-2-3-18-14(11-17)4-9-26-20(18)5-7-23(8-6-20)19(24)15-10-16(21)13-22-12-15/h2-3,10-13H,4-9H2,1H3. The van der Waals surface area contributed by atoms with Crippen LogP contribution in [0.2, 0.25) is 5.02 Å². The van der Waals surface area contributed by atoms with E-state index in [4.69, 9.17) is 21.1 Å². The van der Waals surface area contributed by atoms with Crippen molar-refractivity contribution < 1.29 is 14.3 Å². The quantitative estimate of drug-likeness (QED) is 0.810. The van der Waals surface area contributed by atoms with Crippen molar-refractivity contribution in [2.75, 3.05) is 26.8 Å². The van der Waals surface area contributed by atoms with E-state index in [0.717, 1.165) is 25.0 Å². The normalized spacial score (nSPS) is 18.5. The summed E-state index contributed by atoms with van der Waals surface area (Å²) >= 11 is 5.96. The molecule has 136 valence electrons. The number of halogens is 1. The third kappa shape index (κ3) is 3.06. The number of piperidine rings is 1. The number of fused-ring (bicyclic) bond motifs is 2. The van der Waals surface area contributed by atoms with Gasteiger partial charge in [0.1, 0.15) is 5.75 Å². The van der Waals surface area contributed by atoms with Crippen molar-refractivity contribution in [1.82, 2.24) is 9.88 Å². The third-order valence-electron chi connectivity index (χ3n) is 5.36. The summed E-state index contributed by atoms with van der Waals surface area (Å²) < 4.78 is 11.6. The first-order chi connectivity index (χ1) is 12.6. The molecule has 6 heteroatoms. The number of hydrogen-bond acceptors (Lipinski definition) is 4. The zero-order valence-electron chi connectivity index (χ0n) is 14.7. The first kappa shape index (κ1) is 17.3. The lowest BCUT2D eigenvalue weighted by Gasteiger charge is -2.45. The summed E-state index contributed by atoms with van der Waals surface area (Å²) in [5.74, 6) is 0.850. The van der Waals surface area contributed by atoms with Crippen molar-refractivity contribution in [3.05, 3.63) is 58.4 Å². The van der Waals surface area contributed by atoms with E-state index in [1.54, 1.807) is 19.4 Å². The molecule has 1 saturated heterocycles. The Morgan fingerprint density at radius 1 is 1.27 bits per heavy atom. The number of methoxy groups -OCH3 is 1. The van der Waals surface area contributed by atoms with Gasteiger partial charge in [-0.05, 0) is 48.6 Å². The largest absolute Gasteiger partial charge is 0.497 e. The maximum absolute atomic E-state index is 12.7. The van der Waals surface area contributed by atoms with Gasteiger partial charge in [-0.15, -0.1) is 0 Å². The molecule has 3 heterocycles.